The second-order valence-electron chi connectivity index (χ2n) is 5.13. The van der Waals surface area contributed by atoms with Gasteiger partial charge in [-0.15, -0.1) is 0 Å². The number of nitrogens with two attached hydrogens (primary N) is 1. The van der Waals surface area contributed by atoms with Crippen molar-refractivity contribution in [1.82, 2.24) is 4.90 Å². The molecule has 3 N–H and O–H groups in total. The van der Waals surface area contributed by atoms with E-state index in [1.54, 1.807) is 0 Å². The summed E-state index contributed by atoms with van der Waals surface area (Å²) in [4.78, 5) is 2.36. The first kappa shape index (κ1) is 12.9. The lowest BCUT2D eigenvalue weighted by Crippen LogP contribution is -2.37. The molecule has 0 radical (unpaired) electrons. The van der Waals surface area contributed by atoms with Gasteiger partial charge in [0.1, 0.15) is 0 Å². The maximum atomic E-state index is 9.51. The molecule has 0 aromatic heterocycles. The van der Waals surface area contributed by atoms with Gasteiger partial charge in [0, 0.05) is 13.1 Å². The summed E-state index contributed by atoms with van der Waals surface area (Å²) >= 11 is 0. The van der Waals surface area contributed by atoms with E-state index in [4.69, 9.17) is 5.73 Å². The lowest BCUT2D eigenvalue weighted by molar-refractivity contribution is 0.119. The van der Waals surface area contributed by atoms with Crippen molar-refractivity contribution in [2.24, 2.45) is 17.6 Å². The molecule has 90 valence electrons. The number of aliphatic hydroxyl groups excluding tert-OH is 1. The second-order valence-corrected chi connectivity index (χ2v) is 5.13. The Labute approximate surface area is 93.6 Å². The van der Waals surface area contributed by atoms with Crippen molar-refractivity contribution in [2.45, 2.75) is 39.2 Å². The molecular formula is C12H26N2O. The summed E-state index contributed by atoms with van der Waals surface area (Å²) in [5.41, 5.74) is 5.43. The van der Waals surface area contributed by atoms with Gasteiger partial charge in [0.25, 0.3) is 0 Å². The fourth-order valence-electron chi connectivity index (χ4n) is 2.40. The zero-order valence-corrected chi connectivity index (χ0v) is 10.2. The monoisotopic (exact) mass is 214 g/mol. The highest BCUT2D eigenvalue weighted by Crippen LogP contribution is 2.24. The van der Waals surface area contributed by atoms with Gasteiger partial charge in [-0.3, -0.25) is 0 Å². The van der Waals surface area contributed by atoms with Crippen molar-refractivity contribution in [2.75, 3.05) is 26.2 Å². The van der Waals surface area contributed by atoms with Crippen LogP contribution in [0.2, 0.25) is 0 Å². The topological polar surface area (TPSA) is 49.5 Å². The molecule has 2 unspecified atom stereocenters. The average molecular weight is 214 g/mol. The zero-order chi connectivity index (χ0) is 11.3. The normalized spacial score (nSPS) is 26.6. The predicted octanol–water partition coefficient (Wildman–Crippen LogP) is 1.06. The van der Waals surface area contributed by atoms with Crippen LogP contribution in [-0.4, -0.2) is 42.3 Å². The molecule has 1 heterocycles. The van der Waals surface area contributed by atoms with Crippen LogP contribution in [0, 0.1) is 11.8 Å². The van der Waals surface area contributed by atoms with Crippen LogP contribution in [0.25, 0.3) is 0 Å². The molecule has 0 bridgehead atoms. The van der Waals surface area contributed by atoms with E-state index in [1.165, 1.54) is 19.3 Å². The highest BCUT2D eigenvalue weighted by atomic mass is 16.3. The third kappa shape index (κ3) is 4.49. The van der Waals surface area contributed by atoms with Crippen molar-refractivity contribution in [3.63, 3.8) is 0 Å². The molecule has 2 atom stereocenters. The Hall–Kier alpha value is -0.120. The standard InChI is InChI=1S/C12H26N2O/c1-10(2)11-4-3-6-14(7-5-11)9-12(15)8-13/h10-12,15H,3-9,13H2,1-2H3. The van der Waals surface area contributed by atoms with Crippen LogP contribution >= 0.6 is 0 Å². The molecule has 0 amide bonds. The molecule has 1 saturated heterocycles. The molecule has 0 spiro atoms. The van der Waals surface area contributed by atoms with Gasteiger partial charge in [-0.05, 0) is 44.2 Å². The molecule has 0 aliphatic carbocycles. The number of hydrogen-bond acceptors (Lipinski definition) is 3. The smallest absolute Gasteiger partial charge is 0.0789 e. The number of nitrogens with zero attached hydrogens (tertiary/aromatic N) is 1. The summed E-state index contributed by atoms with van der Waals surface area (Å²) in [5, 5.41) is 9.51. The van der Waals surface area contributed by atoms with Crippen LogP contribution in [0.5, 0.6) is 0 Å². The van der Waals surface area contributed by atoms with E-state index >= 15 is 0 Å². The lowest BCUT2D eigenvalue weighted by atomic mass is 9.89. The van der Waals surface area contributed by atoms with Crippen LogP contribution in [-0.2, 0) is 0 Å². The van der Waals surface area contributed by atoms with Gasteiger partial charge >= 0.3 is 0 Å². The molecule has 3 nitrogen and oxygen atoms in total. The molecule has 1 rings (SSSR count). The van der Waals surface area contributed by atoms with Gasteiger partial charge in [-0.2, -0.15) is 0 Å². The van der Waals surface area contributed by atoms with Crippen LogP contribution in [0.4, 0.5) is 0 Å². The first-order valence-corrected chi connectivity index (χ1v) is 6.24. The van der Waals surface area contributed by atoms with Crippen LogP contribution < -0.4 is 5.73 Å². The molecular weight excluding hydrogens is 188 g/mol. The first-order valence-electron chi connectivity index (χ1n) is 6.24. The Balaban J connectivity index is 2.32. The minimum absolute atomic E-state index is 0.347. The Bertz CT molecular complexity index is 173. The predicted molar refractivity (Wildman–Crippen MR) is 63.7 cm³/mol. The molecule has 0 aromatic carbocycles. The molecule has 3 heteroatoms. The van der Waals surface area contributed by atoms with Gasteiger partial charge in [0.2, 0.25) is 0 Å². The number of rotatable bonds is 4. The van der Waals surface area contributed by atoms with Gasteiger partial charge in [-0.1, -0.05) is 13.8 Å². The Kier molecular flexibility index (Phi) is 5.58. The van der Waals surface area contributed by atoms with Gasteiger partial charge in [0.05, 0.1) is 6.10 Å². The molecule has 1 aliphatic rings. The van der Waals surface area contributed by atoms with Gasteiger partial charge in [-0.25, -0.2) is 0 Å². The van der Waals surface area contributed by atoms with E-state index in [-0.39, 0.29) is 6.10 Å². The Morgan fingerprint density at radius 3 is 2.67 bits per heavy atom. The number of hydrogen-bond donors (Lipinski definition) is 2. The minimum atomic E-state index is -0.347. The van der Waals surface area contributed by atoms with Crippen molar-refractivity contribution < 1.29 is 5.11 Å². The van der Waals surface area contributed by atoms with Crippen LogP contribution in [0.3, 0.4) is 0 Å². The summed E-state index contributed by atoms with van der Waals surface area (Å²) < 4.78 is 0. The fraction of sp³-hybridized carbons (Fsp3) is 1.00. The zero-order valence-electron chi connectivity index (χ0n) is 10.2. The van der Waals surface area contributed by atoms with E-state index in [9.17, 15) is 5.11 Å². The first-order chi connectivity index (χ1) is 7.13. The second kappa shape index (κ2) is 6.46. The van der Waals surface area contributed by atoms with E-state index in [2.05, 4.69) is 18.7 Å². The Morgan fingerprint density at radius 2 is 2.07 bits per heavy atom. The summed E-state index contributed by atoms with van der Waals surface area (Å²) in [6.07, 6.45) is 3.53. The summed E-state index contributed by atoms with van der Waals surface area (Å²) in [6.45, 7) is 8.01. The molecule has 15 heavy (non-hydrogen) atoms. The summed E-state index contributed by atoms with van der Waals surface area (Å²) in [7, 11) is 0. The third-order valence-electron chi connectivity index (χ3n) is 3.55. The highest BCUT2D eigenvalue weighted by Gasteiger charge is 2.20. The molecule has 1 aliphatic heterocycles. The molecule has 1 fully saturated rings. The third-order valence-corrected chi connectivity index (χ3v) is 3.55. The van der Waals surface area contributed by atoms with Gasteiger partial charge in [0.15, 0.2) is 0 Å². The van der Waals surface area contributed by atoms with Crippen LogP contribution in [0.15, 0.2) is 0 Å². The van der Waals surface area contributed by atoms with E-state index in [0.29, 0.717) is 6.54 Å². The maximum absolute atomic E-state index is 9.51. The van der Waals surface area contributed by atoms with Crippen molar-refractivity contribution in [3.8, 4) is 0 Å². The van der Waals surface area contributed by atoms with Crippen molar-refractivity contribution in [1.29, 1.82) is 0 Å². The number of aliphatic hydroxyl groups is 1. The van der Waals surface area contributed by atoms with E-state index in [1.807, 2.05) is 0 Å². The molecule has 0 aromatic rings. The quantitative estimate of drug-likeness (QED) is 0.736. The minimum Gasteiger partial charge on any atom is -0.390 e. The van der Waals surface area contributed by atoms with Crippen molar-refractivity contribution >= 4 is 0 Å². The maximum Gasteiger partial charge on any atom is 0.0789 e. The summed E-state index contributed by atoms with van der Waals surface area (Å²) in [5.74, 6) is 1.66. The largest absolute Gasteiger partial charge is 0.390 e. The summed E-state index contributed by atoms with van der Waals surface area (Å²) in [6, 6.07) is 0. The van der Waals surface area contributed by atoms with Gasteiger partial charge < -0.3 is 15.7 Å². The Morgan fingerprint density at radius 1 is 1.33 bits per heavy atom. The SMILES string of the molecule is CC(C)C1CCCN(CC(O)CN)CC1. The number of β-amino-alcohol motifs (C(OH)–C–C–N with tert-alkyl or cyclic N) is 1. The van der Waals surface area contributed by atoms with E-state index < -0.39 is 0 Å². The highest BCUT2D eigenvalue weighted by molar-refractivity contribution is 4.74. The average Bonchev–Trinajstić information content (AvgIpc) is 2.43. The van der Waals surface area contributed by atoms with E-state index in [0.717, 1.165) is 31.5 Å². The van der Waals surface area contributed by atoms with Crippen molar-refractivity contribution in [3.05, 3.63) is 0 Å². The lowest BCUT2D eigenvalue weighted by Gasteiger charge is -2.23. The fourth-order valence-corrected chi connectivity index (χ4v) is 2.40. The van der Waals surface area contributed by atoms with Crippen LogP contribution in [0.1, 0.15) is 33.1 Å². The molecule has 0 saturated carbocycles. The number of likely N-dealkylation sites (tertiary alicyclic amines) is 1.